The molecule has 0 bridgehead atoms. The highest BCUT2D eigenvalue weighted by molar-refractivity contribution is 5.88. The number of nitrogens with two attached hydrogens (primary N) is 1. The van der Waals surface area contributed by atoms with E-state index in [2.05, 4.69) is 5.32 Å². The molecular weight excluding hydrogens is 264 g/mol. The number of nitrogens with one attached hydrogen (secondary N) is 1. The minimum Gasteiger partial charge on any atom is -0.445 e. The fourth-order valence-corrected chi connectivity index (χ4v) is 1.38. The summed E-state index contributed by atoms with van der Waals surface area (Å²) in [5, 5.41) is 2.12. The first-order chi connectivity index (χ1) is 9.33. The molecule has 1 aromatic carbocycles. The maximum Gasteiger partial charge on any atom is 0.410 e. The Bertz CT molecular complexity index is 503. The van der Waals surface area contributed by atoms with Crippen molar-refractivity contribution in [2.75, 3.05) is 0 Å². The van der Waals surface area contributed by atoms with E-state index < -0.39 is 23.7 Å². The first-order valence-electron chi connectivity index (χ1n) is 5.82. The second kappa shape index (κ2) is 6.55. The highest BCUT2D eigenvalue weighted by Gasteiger charge is 2.37. The average molecular weight is 280 g/mol. The van der Waals surface area contributed by atoms with Gasteiger partial charge in [-0.25, -0.2) is 4.79 Å². The maximum atomic E-state index is 11.6. The Kier molecular flexibility index (Phi) is 5.08. The van der Waals surface area contributed by atoms with Crippen LogP contribution in [0.4, 0.5) is 4.79 Å². The van der Waals surface area contributed by atoms with E-state index in [1.165, 1.54) is 6.92 Å². The lowest BCUT2D eigenvalue weighted by atomic mass is 10.2. The molecule has 2 amide bonds. The van der Waals surface area contributed by atoms with Crippen molar-refractivity contribution in [1.82, 2.24) is 5.32 Å². The topological polar surface area (TPSA) is 108 Å². The number of rotatable bonds is 5. The molecule has 20 heavy (non-hydrogen) atoms. The lowest BCUT2D eigenvalue weighted by molar-refractivity contribution is -0.166. The van der Waals surface area contributed by atoms with Crippen molar-refractivity contribution in [3.8, 4) is 0 Å². The molecule has 0 fully saturated rings. The third-order valence-electron chi connectivity index (χ3n) is 2.37. The second-order valence-corrected chi connectivity index (χ2v) is 4.18. The number of hydrogen-bond acceptors (Lipinski definition) is 5. The van der Waals surface area contributed by atoms with Crippen LogP contribution in [0.3, 0.4) is 0 Å². The molecule has 0 aliphatic rings. The van der Waals surface area contributed by atoms with E-state index in [-0.39, 0.29) is 6.61 Å². The summed E-state index contributed by atoms with van der Waals surface area (Å²) < 4.78 is 9.60. The molecule has 0 saturated heterocycles. The molecule has 0 spiro atoms. The number of carbonyl (C=O) groups is 3. The Morgan fingerprint density at radius 2 is 1.85 bits per heavy atom. The fraction of sp³-hybridized carbons (Fsp3) is 0.308. The van der Waals surface area contributed by atoms with E-state index in [0.29, 0.717) is 0 Å². The largest absolute Gasteiger partial charge is 0.445 e. The molecule has 7 heteroatoms. The van der Waals surface area contributed by atoms with Gasteiger partial charge in [-0.15, -0.1) is 0 Å². The van der Waals surface area contributed by atoms with Crippen LogP contribution in [-0.2, 0) is 25.7 Å². The SMILES string of the molecule is CC(=O)OC(C)(NC(=O)OCc1ccccc1)C(N)=O. The average Bonchev–Trinajstić information content (AvgIpc) is 2.36. The van der Waals surface area contributed by atoms with Crippen molar-refractivity contribution in [3.63, 3.8) is 0 Å². The smallest absolute Gasteiger partial charge is 0.410 e. The Hall–Kier alpha value is -2.57. The van der Waals surface area contributed by atoms with Gasteiger partial charge in [-0.1, -0.05) is 30.3 Å². The fourth-order valence-electron chi connectivity index (χ4n) is 1.38. The summed E-state index contributed by atoms with van der Waals surface area (Å²) in [6.45, 7) is 2.28. The van der Waals surface area contributed by atoms with Crippen molar-refractivity contribution < 1.29 is 23.9 Å². The molecule has 1 rings (SSSR count). The van der Waals surface area contributed by atoms with Gasteiger partial charge in [0.1, 0.15) is 6.61 Å². The molecule has 0 aliphatic heterocycles. The predicted octanol–water partition coefficient (Wildman–Crippen LogP) is 0.677. The second-order valence-electron chi connectivity index (χ2n) is 4.18. The normalized spacial score (nSPS) is 12.9. The Morgan fingerprint density at radius 3 is 2.35 bits per heavy atom. The number of carbonyl (C=O) groups excluding carboxylic acids is 3. The molecule has 0 saturated carbocycles. The number of amides is 2. The molecule has 7 nitrogen and oxygen atoms in total. The standard InChI is InChI=1S/C13H16N2O5/c1-9(16)20-13(2,11(14)17)15-12(18)19-8-10-6-4-3-5-7-10/h3-7H,8H2,1-2H3,(H2,14,17)(H,15,18). The summed E-state index contributed by atoms with van der Waals surface area (Å²) >= 11 is 0. The lowest BCUT2D eigenvalue weighted by Crippen LogP contribution is -2.58. The van der Waals surface area contributed by atoms with Crippen LogP contribution in [0.15, 0.2) is 30.3 Å². The van der Waals surface area contributed by atoms with Crippen LogP contribution in [0.25, 0.3) is 0 Å². The van der Waals surface area contributed by atoms with Crippen LogP contribution in [-0.4, -0.2) is 23.7 Å². The molecule has 0 heterocycles. The Labute approximate surface area is 116 Å². The highest BCUT2D eigenvalue weighted by Crippen LogP contribution is 2.07. The molecule has 0 radical (unpaired) electrons. The molecule has 3 N–H and O–H groups in total. The van der Waals surface area contributed by atoms with E-state index in [0.717, 1.165) is 12.5 Å². The summed E-state index contributed by atoms with van der Waals surface area (Å²) in [5.74, 6) is -1.76. The summed E-state index contributed by atoms with van der Waals surface area (Å²) in [4.78, 5) is 33.7. The molecule has 1 unspecified atom stereocenters. The van der Waals surface area contributed by atoms with Crippen molar-refractivity contribution in [2.45, 2.75) is 26.2 Å². The van der Waals surface area contributed by atoms with Crippen LogP contribution in [0.2, 0.25) is 0 Å². The number of esters is 1. The van der Waals surface area contributed by atoms with Gasteiger partial charge in [0.2, 0.25) is 0 Å². The summed E-state index contributed by atoms with van der Waals surface area (Å²) in [6.07, 6.45) is -0.920. The zero-order valence-electron chi connectivity index (χ0n) is 11.2. The number of primary amides is 1. The van der Waals surface area contributed by atoms with Crippen molar-refractivity contribution in [1.29, 1.82) is 0 Å². The zero-order chi connectivity index (χ0) is 15.2. The van der Waals surface area contributed by atoms with Gasteiger partial charge in [-0.05, 0) is 5.56 Å². The van der Waals surface area contributed by atoms with Crippen LogP contribution in [0, 0.1) is 0 Å². The number of hydrogen-bond donors (Lipinski definition) is 2. The van der Waals surface area contributed by atoms with Gasteiger partial charge in [-0.3, -0.25) is 14.9 Å². The monoisotopic (exact) mass is 280 g/mol. The van der Waals surface area contributed by atoms with Crippen LogP contribution in [0.5, 0.6) is 0 Å². The molecule has 0 aliphatic carbocycles. The third-order valence-corrected chi connectivity index (χ3v) is 2.37. The summed E-state index contributed by atoms with van der Waals surface area (Å²) in [7, 11) is 0. The van der Waals surface area contributed by atoms with Gasteiger partial charge in [0, 0.05) is 13.8 Å². The minimum absolute atomic E-state index is 0.0155. The Morgan fingerprint density at radius 1 is 1.25 bits per heavy atom. The molecule has 1 aromatic rings. The highest BCUT2D eigenvalue weighted by atomic mass is 16.6. The van der Waals surface area contributed by atoms with E-state index in [1.54, 1.807) is 24.3 Å². The van der Waals surface area contributed by atoms with E-state index in [1.807, 2.05) is 6.07 Å². The molecule has 1 atom stereocenters. The van der Waals surface area contributed by atoms with Crippen molar-refractivity contribution >= 4 is 18.0 Å². The van der Waals surface area contributed by atoms with Crippen LogP contribution in [0.1, 0.15) is 19.4 Å². The van der Waals surface area contributed by atoms with E-state index in [4.69, 9.17) is 15.2 Å². The quantitative estimate of drug-likeness (QED) is 0.609. The van der Waals surface area contributed by atoms with E-state index >= 15 is 0 Å². The Balaban J connectivity index is 2.59. The molecular formula is C13H16N2O5. The number of benzene rings is 1. The summed E-state index contributed by atoms with van der Waals surface area (Å²) in [5.41, 5.74) is 3.92. The van der Waals surface area contributed by atoms with Crippen LogP contribution >= 0.6 is 0 Å². The molecule has 0 aromatic heterocycles. The minimum atomic E-state index is -1.94. The van der Waals surface area contributed by atoms with Gasteiger partial charge in [-0.2, -0.15) is 0 Å². The summed E-state index contributed by atoms with van der Waals surface area (Å²) in [6, 6.07) is 8.96. The van der Waals surface area contributed by atoms with Gasteiger partial charge < -0.3 is 15.2 Å². The zero-order valence-corrected chi connectivity index (χ0v) is 11.2. The number of alkyl carbamates (subject to hydrolysis) is 1. The first-order valence-corrected chi connectivity index (χ1v) is 5.82. The van der Waals surface area contributed by atoms with Gasteiger partial charge in [0.05, 0.1) is 0 Å². The van der Waals surface area contributed by atoms with Crippen molar-refractivity contribution in [2.24, 2.45) is 5.73 Å². The maximum absolute atomic E-state index is 11.6. The van der Waals surface area contributed by atoms with Gasteiger partial charge in [0.25, 0.3) is 11.6 Å². The third kappa shape index (κ3) is 4.60. The predicted molar refractivity (Wildman–Crippen MR) is 69.1 cm³/mol. The van der Waals surface area contributed by atoms with E-state index in [9.17, 15) is 14.4 Å². The van der Waals surface area contributed by atoms with Crippen LogP contribution < -0.4 is 11.1 Å². The number of ether oxygens (including phenoxy) is 2. The first kappa shape index (κ1) is 15.5. The molecule has 108 valence electrons. The van der Waals surface area contributed by atoms with Gasteiger partial charge in [0.15, 0.2) is 0 Å². The lowest BCUT2D eigenvalue weighted by Gasteiger charge is -2.25. The van der Waals surface area contributed by atoms with Crippen molar-refractivity contribution in [3.05, 3.63) is 35.9 Å². The van der Waals surface area contributed by atoms with Gasteiger partial charge >= 0.3 is 12.1 Å².